The molecule has 0 aliphatic rings. The highest BCUT2D eigenvalue weighted by Crippen LogP contribution is 2.19. The molecule has 6 nitrogen and oxygen atoms in total. The van der Waals surface area contributed by atoms with E-state index in [1.807, 2.05) is 0 Å². The maximum Gasteiger partial charge on any atom is 0.345 e. The van der Waals surface area contributed by atoms with Gasteiger partial charge in [-0.15, -0.1) is 0 Å². The zero-order valence-corrected chi connectivity index (χ0v) is 8.10. The van der Waals surface area contributed by atoms with E-state index >= 15 is 0 Å². The minimum atomic E-state index is -1.06. The first-order valence-electron chi connectivity index (χ1n) is 4.50. The van der Waals surface area contributed by atoms with E-state index < -0.39 is 11.7 Å². The molecule has 0 saturated heterocycles. The van der Waals surface area contributed by atoms with Gasteiger partial charge in [-0.2, -0.15) is 4.98 Å². The van der Waals surface area contributed by atoms with Crippen molar-refractivity contribution in [3.63, 3.8) is 0 Å². The highest BCUT2D eigenvalue weighted by molar-refractivity contribution is 5.85. The number of rotatable bonds is 2. The second-order valence-electron chi connectivity index (χ2n) is 3.29. The number of phenols is 1. The first-order valence-corrected chi connectivity index (χ1v) is 4.50. The lowest BCUT2D eigenvalue weighted by atomic mass is 10.1. The molecule has 0 radical (unpaired) electrons. The molecule has 0 saturated carbocycles. The lowest BCUT2D eigenvalue weighted by Crippen LogP contribution is -2.15. The van der Waals surface area contributed by atoms with Crippen LogP contribution < -0.4 is 5.69 Å². The number of fused-ring (bicyclic) bond motifs is 1. The summed E-state index contributed by atoms with van der Waals surface area (Å²) in [7, 11) is 0. The van der Waals surface area contributed by atoms with Crippen LogP contribution in [0.15, 0.2) is 23.0 Å². The van der Waals surface area contributed by atoms with Gasteiger partial charge in [0.15, 0.2) is 0 Å². The molecule has 0 atom stereocenters. The van der Waals surface area contributed by atoms with Crippen LogP contribution in [0.25, 0.3) is 10.9 Å². The molecule has 1 heterocycles. The van der Waals surface area contributed by atoms with Crippen LogP contribution in [-0.4, -0.2) is 26.2 Å². The Morgan fingerprint density at radius 2 is 2.19 bits per heavy atom. The molecule has 0 unspecified atom stereocenters. The molecule has 0 bridgehead atoms. The summed E-state index contributed by atoms with van der Waals surface area (Å²) < 4.78 is 0. The van der Waals surface area contributed by atoms with Gasteiger partial charge in [-0.1, -0.05) is 0 Å². The normalized spacial score (nSPS) is 10.5. The molecule has 0 fully saturated rings. The van der Waals surface area contributed by atoms with Gasteiger partial charge in [0.25, 0.3) is 0 Å². The van der Waals surface area contributed by atoms with Crippen molar-refractivity contribution in [2.24, 2.45) is 0 Å². The zero-order valence-electron chi connectivity index (χ0n) is 8.10. The van der Waals surface area contributed by atoms with E-state index in [0.29, 0.717) is 10.9 Å². The van der Waals surface area contributed by atoms with Crippen LogP contribution in [0.2, 0.25) is 0 Å². The fourth-order valence-electron chi connectivity index (χ4n) is 1.49. The summed E-state index contributed by atoms with van der Waals surface area (Å²) in [6.07, 6.45) is -0.322. The number of aliphatic carboxylic acids is 1. The van der Waals surface area contributed by atoms with E-state index in [1.165, 1.54) is 18.2 Å². The summed E-state index contributed by atoms with van der Waals surface area (Å²) in [4.78, 5) is 27.8. The first-order chi connectivity index (χ1) is 7.56. The number of phenolic OH excluding ortho intramolecular Hbond substituents is 1. The van der Waals surface area contributed by atoms with Crippen molar-refractivity contribution >= 4 is 16.9 Å². The van der Waals surface area contributed by atoms with Crippen LogP contribution in [0.3, 0.4) is 0 Å². The van der Waals surface area contributed by atoms with E-state index in [-0.39, 0.29) is 17.9 Å². The Kier molecular flexibility index (Phi) is 2.32. The minimum Gasteiger partial charge on any atom is -0.508 e. The number of nitrogens with zero attached hydrogens (tertiary/aromatic N) is 1. The van der Waals surface area contributed by atoms with Crippen LogP contribution in [-0.2, 0) is 11.2 Å². The van der Waals surface area contributed by atoms with Gasteiger partial charge in [0.2, 0.25) is 0 Å². The average molecular weight is 220 g/mol. The van der Waals surface area contributed by atoms with Crippen molar-refractivity contribution in [2.45, 2.75) is 6.42 Å². The van der Waals surface area contributed by atoms with Gasteiger partial charge in [0.1, 0.15) is 5.75 Å². The van der Waals surface area contributed by atoms with Crippen LogP contribution >= 0.6 is 0 Å². The van der Waals surface area contributed by atoms with Crippen LogP contribution in [0.1, 0.15) is 5.69 Å². The largest absolute Gasteiger partial charge is 0.508 e. The second-order valence-corrected chi connectivity index (χ2v) is 3.29. The third kappa shape index (κ3) is 1.85. The Morgan fingerprint density at radius 1 is 1.44 bits per heavy atom. The topological polar surface area (TPSA) is 103 Å². The summed E-state index contributed by atoms with van der Waals surface area (Å²) >= 11 is 0. The highest BCUT2D eigenvalue weighted by Gasteiger charge is 2.08. The summed E-state index contributed by atoms with van der Waals surface area (Å²) in [6, 6.07) is 4.22. The summed E-state index contributed by atoms with van der Waals surface area (Å²) in [5.41, 5.74) is -0.00867. The molecule has 0 aliphatic carbocycles. The van der Waals surface area contributed by atoms with Gasteiger partial charge >= 0.3 is 11.7 Å². The molecule has 0 amide bonds. The Bertz CT molecular complexity index is 618. The molecule has 1 aromatic heterocycles. The zero-order chi connectivity index (χ0) is 11.7. The number of hydrogen-bond acceptors (Lipinski definition) is 4. The number of nitrogens with one attached hydrogen (secondary N) is 1. The number of H-pyrrole nitrogens is 1. The standard InChI is InChI=1S/C10H8N2O4/c13-5-1-2-7-6(3-5)8(4-9(14)15)12-10(16)11-7/h1-3,13H,4H2,(H,14,15)(H,11,12,16). The van der Waals surface area contributed by atoms with Gasteiger partial charge in [-0.3, -0.25) is 4.79 Å². The van der Waals surface area contributed by atoms with Gasteiger partial charge < -0.3 is 15.2 Å². The van der Waals surface area contributed by atoms with Gasteiger partial charge in [-0.05, 0) is 18.2 Å². The second kappa shape index (κ2) is 3.65. The predicted octanol–water partition coefficient (Wildman–Crippen LogP) is 0.256. The Balaban J connectivity index is 2.74. The number of carboxylic acid groups (broad SMARTS) is 1. The van der Waals surface area contributed by atoms with Crippen LogP contribution in [0, 0.1) is 0 Å². The molecule has 6 heteroatoms. The fraction of sp³-hybridized carbons (Fsp3) is 0.100. The Hall–Kier alpha value is -2.37. The molecule has 3 N–H and O–H groups in total. The van der Waals surface area contributed by atoms with E-state index in [9.17, 15) is 14.7 Å². The first kappa shape index (κ1) is 10.2. The number of aromatic hydroxyl groups is 1. The van der Waals surface area contributed by atoms with E-state index in [4.69, 9.17) is 5.11 Å². The molecule has 2 rings (SSSR count). The lowest BCUT2D eigenvalue weighted by Gasteiger charge is -2.03. The molecule has 0 spiro atoms. The van der Waals surface area contributed by atoms with Crippen LogP contribution in [0.5, 0.6) is 5.75 Å². The Morgan fingerprint density at radius 3 is 2.88 bits per heavy atom. The minimum absolute atomic E-state index is 0.00649. The smallest absolute Gasteiger partial charge is 0.345 e. The number of aromatic nitrogens is 2. The summed E-state index contributed by atoms with van der Waals surface area (Å²) in [5, 5.41) is 18.4. The molecule has 82 valence electrons. The molecular weight excluding hydrogens is 212 g/mol. The lowest BCUT2D eigenvalue weighted by molar-refractivity contribution is -0.136. The van der Waals surface area contributed by atoms with Crippen molar-refractivity contribution in [3.05, 3.63) is 34.4 Å². The molecular formula is C10H8N2O4. The Labute approximate surface area is 89.2 Å². The van der Waals surface area contributed by atoms with Gasteiger partial charge in [-0.25, -0.2) is 4.79 Å². The summed E-state index contributed by atoms with van der Waals surface area (Å²) in [6.45, 7) is 0. The van der Waals surface area contributed by atoms with Gasteiger partial charge in [0, 0.05) is 11.1 Å². The average Bonchev–Trinajstić information content (AvgIpc) is 2.18. The van der Waals surface area contributed by atoms with E-state index in [1.54, 1.807) is 0 Å². The third-order valence-corrected chi connectivity index (χ3v) is 2.11. The van der Waals surface area contributed by atoms with Gasteiger partial charge in [0.05, 0.1) is 11.9 Å². The summed E-state index contributed by atoms with van der Waals surface area (Å²) in [5.74, 6) is -1.07. The van der Waals surface area contributed by atoms with E-state index in [2.05, 4.69) is 9.97 Å². The number of carbonyl (C=O) groups is 1. The van der Waals surface area contributed by atoms with E-state index in [0.717, 1.165) is 0 Å². The molecule has 1 aromatic carbocycles. The molecule has 16 heavy (non-hydrogen) atoms. The maximum absolute atomic E-state index is 11.1. The van der Waals surface area contributed by atoms with Crippen molar-refractivity contribution in [2.75, 3.05) is 0 Å². The van der Waals surface area contributed by atoms with Crippen molar-refractivity contribution < 1.29 is 15.0 Å². The fourth-order valence-corrected chi connectivity index (χ4v) is 1.49. The molecule has 2 aromatic rings. The number of carboxylic acids is 1. The quantitative estimate of drug-likeness (QED) is 0.673. The van der Waals surface area contributed by atoms with Crippen LogP contribution in [0.4, 0.5) is 0 Å². The van der Waals surface area contributed by atoms with Crippen molar-refractivity contribution in [1.82, 2.24) is 9.97 Å². The number of aromatic amines is 1. The highest BCUT2D eigenvalue weighted by atomic mass is 16.4. The number of benzene rings is 1. The molecule has 0 aliphatic heterocycles. The SMILES string of the molecule is O=C(O)Cc1[nH]c(=O)nc2ccc(O)cc12. The predicted molar refractivity (Wildman–Crippen MR) is 55.4 cm³/mol. The number of hydrogen-bond donors (Lipinski definition) is 3. The van der Waals surface area contributed by atoms with Crippen molar-refractivity contribution in [1.29, 1.82) is 0 Å². The maximum atomic E-state index is 11.1. The van der Waals surface area contributed by atoms with Crippen molar-refractivity contribution in [3.8, 4) is 5.75 Å². The third-order valence-electron chi connectivity index (χ3n) is 2.11. The monoisotopic (exact) mass is 220 g/mol.